The van der Waals surface area contributed by atoms with Crippen molar-refractivity contribution in [1.29, 1.82) is 0 Å². The molecule has 5 nitrogen and oxygen atoms in total. The zero-order valence-electron chi connectivity index (χ0n) is 11.3. The Bertz CT molecular complexity index is 497. The zero-order chi connectivity index (χ0) is 13.5. The molecule has 0 aliphatic carbocycles. The first kappa shape index (κ1) is 13.4. The number of rotatable bonds is 7. The van der Waals surface area contributed by atoms with Gasteiger partial charge in [-0.1, -0.05) is 6.07 Å². The van der Waals surface area contributed by atoms with E-state index < -0.39 is 0 Å². The van der Waals surface area contributed by atoms with Gasteiger partial charge in [0.1, 0.15) is 0 Å². The highest BCUT2D eigenvalue weighted by molar-refractivity contribution is 5.42. The van der Waals surface area contributed by atoms with Gasteiger partial charge in [0.15, 0.2) is 11.5 Å². The largest absolute Gasteiger partial charge is 0.493 e. The lowest BCUT2D eigenvalue weighted by Gasteiger charge is -2.11. The maximum atomic E-state index is 5.55. The van der Waals surface area contributed by atoms with E-state index >= 15 is 0 Å². The second kappa shape index (κ2) is 6.80. The Hall–Kier alpha value is -2.01. The Labute approximate surface area is 112 Å². The molecule has 0 bridgehead atoms. The van der Waals surface area contributed by atoms with Crippen LogP contribution in [0.1, 0.15) is 18.2 Å². The molecule has 2 rings (SSSR count). The second-order valence-corrected chi connectivity index (χ2v) is 4.10. The number of nitrogens with zero attached hydrogens (tertiary/aromatic N) is 1. The van der Waals surface area contributed by atoms with Crippen molar-refractivity contribution < 1.29 is 9.47 Å². The highest BCUT2D eigenvalue weighted by Gasteiger charge is 2.05. The van der Waals surface area contributed by atoms with Crippen molar-refractivity contribution in [3.05, 3.63) is 41.7 Å². The van der Waals surface area contributed by atoms with Crippen molar-refractivity contribution in [1.82, 2.24) is 15.5 Å². The van der Waals surface area contributed by atoms with E-state index in [0.717, 1.165) is 35.8 Å². The van der Waals surface area contributed by atoms with E-state index in [4.69, 9.17) is 9.47 Å². The average molecular weight is 261 g/mol. The lowest BCUT2D eigenvalue weighted by molar-refractivity contribution is 0.310. The summed E-state index contributed by atoms with van der Waals surface area (Å²) in [6, 6.07) is 7.91. The summed E-state index contributed by atoms with van der Waals surface area (Å²) in [5, 5.41) is 10.2. The topological polar surface area (TPSA) is 59.2 Å². The van der Waals surface area contributed by atoms with Crippen molar-refractivity contribution >= 4 is 0 Å². The van der Waals surface area contributed by atoms with Crippen LogP contribution < -0.4 is 14.8 Å². The van der Waals surface area contributed by atoms with E-state index in [1.165, 1.54) is 0 Å². The molecule has 0 atom stereocenters. The minimum absolute atomic E-state index is 0.626. The predicted molar refractivity (Wildman–Crippen MR) is 73.3 cm³/mol. The van der Waals surface area contributed by atoms with Gasteiger partial charge in [-0.15, -0.1) is 0 Å². The van der Waals surface area contributed by atoms with E-state index in [0.29, 0.717) is 6.61 Å². The number of hydrogen-bond donors (Lipinski definition) is 2. The Morgan fingerprint density at radius 2 is 2.11 bits per heavy atom. The summed E-state index contributed by atoms with van der Waals surface area (Å²) in [4.78, 5) is 0. The number of aromatic amines is 1. The number of benzene rings is 1. The molecule has 1 aromatic heterocycles. The fourth-order valence-electron chi connectivity index (χ4n) is 1.82. The molecule has 0 amide bonds. The SMILES string of the molecule is CCOc1cc(CNCc2ccn[nH]2)ccc1OC. The molecule has 0 radical (unpaired) electrons. The first-order valence-electron chi connectivity index (χ1n) is 6.32. The minimum Gasteiger partial charge on any atom is -0.493 e. The van der Waals surface area contributed by atoms with Crippen LogP contribution in [-0.2, 0) is 13.1 Å². The number of nitrogens with one attached hydrogen (secondary N) is 2. The van der Waals surface area contributed by atoms with Crippen molar-refractivity contribution in [3.63, 3.8) is 0 Å². The molecule has 19 heavy (non-hydrogen) atoms. The number of ether oxygens (including phenoxy) is 2. The normalized spacial score (nSPS) is 10.4. The molecule has 1 aromatic carbocycles. The molecule has 5 heteroatoms. The maximum absolute atomic E-state index is 5.55. The standard InChI is InChI=1S/C14H19N3O2/c1-3-19-14-8-11(4-5-13(14)18-2)9-15-10-12-6-7-16-17-12/h4-8,15H,3,9-10H2,1-2H3,(H,16,17). The molecule has 2 N–H and O–H groups in total. The van der Waals surface area contributed by atoms with Gasteiger partial charge in [0.25, 0.3) is 0 Å². The quantitative estimate of drug-likeness (QED) is 0.801. The average Bonchev–Trinajstić information content (AvgIpc) is 2.93. The smallest absolute Gasteiger partial charge is 0.161 e. The Morgan fingerprint density at radius 3 is 2.79 bits per heavy atom. The van der Waals surface area contributed by atoms with Gasteiger partial charge >= 0.3 is 0 Å². The highest BCUT2D eigenvalue weighted by atomic mass is 16.5. The number of methoxy groups -OCH3 is 1. The van der Waals surface area contributed by atoms with Crippen molar-refractivity contribution in [3.8, 4) is 11.5 Å². The number of H-pyrrole nitrogens is 1. The van der Waals surface area contributed by atoms with Gasteiger partial charge in [0, 0.05) is 25.0 Å². The van der Waals surface area contributed by atoms with Crippen LogP contribution in [0.2, 0.25) is 0 Å². The third-order valence-electron chi connectivity index (χ3n) is 2.73. The second-order valence-electron chi connectivity index (χ2n) is 4.10. The fourth-order valence-corrected chi connectivity index (χ4v) is 1.82. The molecule has 0 aliphatic rings. The molecule has 0 spiro atoms. The summed E-state index contributed by atoms with van der Waals surface area (Å²) in [6.07, 6.45) is 1.75. The monoisotopic (exact) mass is 261 g/mol. The van der Waals surface area contributed by atoms with Crippen LogP contribution in [0, 0.1) is 0 Å². The summed E-state index contributed by atoms with van der Waals surface area (Å²) >= 11 is 0. The van der Waals surface area contributed by atoms with Crippen LogP contribution in [0.5, 0.6) is 11.5 Å². The summed E-state index contributed by atoms with van der Waals surface area (Å²) in [5.41, 5.74) is 2.22. The minimum atomic E-state index is 0.626. The molecule has 2 aromatic rings. The third-order valence-corrected chi connectivity index (χ3v) is 2.73. The Balaban J connectivity index is 1.94. The van der Waals surface area contributed by atoms with Crippen LogP contribution in [-0.4, -0.2) is 23.9 Å². The molecule has 1 heterocycles. The lowest BCUT2D eigenvalue weighted by Crippen LogP contribution is -2.13. The maximum Gasteiger partial charge on any atom is 0.161 e. The van der Waals surface area contributed by atoms with Crippen molar-refractivity contribution in [2.75, 3.05) is 13.7 Å². The van der Waals surface area contributed by atoms with Crippen LogP contribution >= 0.6 is 0 Å². The Kier molecular flexibility index (Phi) is 4.80. The molecule has 0 fully saturated rings. The molecule has 0 unspecified atom stereocenters. The van der Waals surface area contributed by atoms with E-state index in [1.54, 1.807) is 13.3 Å². The highest BCUT2D eigenvalue weighted by Crippen LogP contribution is 2.27. The summed E-state index contributed by atoms with van der Waals surface area (Å²) in [7, 11) is 1.65. The van der Waals surface area contributed by atoms with Gasteiger partial charge in [-0.2, -0.15) is 5.10 Å². The van der Waals surface area contributed by atoms with Crippen LogP contribution in [0.4, 0.5) is 0 Å². The van der Waals surface area contributed by atoms with Gasteiger partial charge in [-0.3, -0.25) is 5.10 Å². The summed E-state index contributed by atoms with van der Waals surface area (Å²) in [6.45, 7) is 4.11. The van der Waals surface area contributed by atoms with Crippen molar-refractivity contribution in [2.24, 2.45) is 0 Å². The molecule has 102 valence electrons. The van der Waals surface area contributed by atoms with Gasteiger partial charge in [0.05, 0.1) is 13.7 Å². The zero-order valence-corrected chi connectivity index (χ0v) is 11.3. The molecule has 0 saturated carbocycles. The van der Waals surface area contributed by atoms with E-state index in [1.807, 2.05) is 31.2 Å². The lowest BCUT2D eigenvalue weighted by atomic mass is 10.2. The molecule has 0 saturated heterocycles. The number of aromatic nitrogens is 2. The van der Waals surface area contributed by atoms with E-state index in [2.05, 4.69) is 15.5 Å². The van der Waals surface area contributed by atoms with Crippen LogP contribution in [0.3, 0.4) is 0 Å². The fraction of sp³-hybridized carbons (Fsp3) is 0.357. The summed E-state index contributed by atoms with van der Waals surface area (Å²) < 4.78 is 10.8. The molecule has 0 aliphatic heterocycles. The third kappa shape index (κ3) is 3.72. The van der Waals surface area contributed by atoms with Crippen LogP contribution in [0.25, 0.3) is 0 Å². The van der Waals surface area contributed by atoms with Gasteiger partial charge in [-0.25, -0.2) is 0 Å². The number of hydrogen-bond acceptors (Lipinski definition) is 4. The van der Waals surface area contributed by atoms with E-state index in [-0.39, 0.29) is 0 Å². The van der Waals surface area contributed by atoms with Gasteiger partial charge in [0.2, 0.25) is 0 Å². The predicted octanol–water partition coefficient (Wildman–Crippen LogP) is 2.11. The van der Waals surface area contributed by atoms with Gasteiger partial charge < -0.3 is 14.8 Å². The molecular formula is C14H19N3O2. The van der Waals surface area contributed by atoms with Crippen molar-refractivity contribution in [2.45, 2.75) is 20.0 Å². The first-order valence-corrected chi connectivity index (χ1v) is 6.32. The molecular weight excluding hydrogens is 242 g/mol. The van der Waals surface area contributed by atoms with Crippen LogP contribution in [0.15, 0.2) is 30.5 Å². The summed E-state index contributed by atoms with van der Waals surface area (Å²) in [5.74, 6) is 1.55. The van der Waals surface area contributed by atoms with Gasteiger partial charge in [-0.05, 0) is 30.7 Å². The van der Waals surface area contributed by atoms with E-state index in [9.17, 15) is 0 Å². The Morgan fingerprint density at radius 1 is 1.21 bits per heavy atom. The first-order chi connectivity index (χ1) is 9.33.